The molecule has 0 spiro atoms. The first-order chi connectivity index (χ1) is 14.7. The molecule has 0 aliphatic carbocycles. The first kappa shape index (κ1) is 19.9. The van der Waals surface area contributed by atoms with Gasteiger partial charge in [-0.1, -0.05) is 48.5 Å². The van der Waals surface area contributed by atoms with Gasteiger partial charge in [0.25, 0.3) is 0 Å². The number of nitrogens with one attached hydrogen (secondary N) is 2. The molecule has 0 atom stereocenters. The normalized spacial score (nSPS) is 11.0. The Balaban J connectivity index is 1.40. The van der Waals surface area contributed by atoms with E-state index < -0.39 is 11.6 Å². The maximum Gasteiger partial charge on any atom is 0.180 e. The minimum atomic E-state index is -0.552. The molecule has 152 valence electrons. The van der Waals surface area contributed by atoms with Gasteiger partial charge >= 0.3 is 0 Å². The molecule has 0 aliphatic rings. The van der Waals surface area contributed by atoms with Gasteiger partial charge in [-0.3, -0.25) is 5.10 Å². The number of aryl methyl sites for hydroxylation is 1. The molecule has 0 saturated heterocycles. The first-order valence-electron chi connectivity index (χ1n) is 9.90. The minimum absolute atomic E-state index is 0.0589. The Morgan fingerprint density at radius 1 is 0.833 bits per heavy atom. The molecular weight excluding hydrogens is 382 g/mol. The van der Waals surface area contributed by atoms with Crippen molar-refractivity contribution in [3.05, 3.63) is 95.8 Å². The fraction of sp³-hybridized carbons (Fsp3) is 0.167. The third kappa shape index (κ3) is 4.78. The maximum atomic E-state index is 14.6. The molecule has 0 saturated carbocycles. The van der Waals surface area contributed by atoms with Gasteiger partial charge < -0.3 is 5.32 Å². The second kappa shape index (κ2) is 9.41. The number of nitrogens with zero attached hydrogens (tertiary/aromatic N) is 2. The Morgan fingerprint density at radius 3 is 2.33 bits per heavy atom. The van der Waals surface area contributed by atoms with Crippen molar-refractivity contribution in [2.45, 2.75) is 19.4 Å². The van der Waals surface area contributed by atoms with E-state index in [1.807, 2.05) is 42.5 Å². The highest BCUT2D eigenvalue weighted by atomic mass is 19.1. The molecule has 2 N–H and O–H groups in total. The van der Waals surface area contributed by atoms with Crippen molar-refractivity contribution in [1.82, 2.24) is 20.5 Å². The lowest BCUT2D eigenvalue weighted by atomic mass is 10.0. The fourth-order valence-electron chi connectivity index (χ4n) is 3.40. The topological polar surface area (TPSA) is 53.6 Å². The molecule has 0 amide bonds. The second-order valence-electron chi connectivity index (χ2n) is 7.09. The van der Waals surface area contributed by atoms with Crippen LogP contribution < -0.4 is 5.32 Å². The van der Waals surface area contributed by atoms with Crippen LogP contribution in [0.2, 0.25) is 0 Å². The second-order valence-corrected chi connectivity index (χ2v) is 7.09. The molecule has 0 unspecified atom stereocenters. The van der Waals surface area contributed by atoms with Crippen molar-refractivity contribution in [3.63, 3.8) is 0 Å². The van der Waals surface area contributed by atoms with Crippen molar-refractivity contribution in [1.29, 1.82) is 0 Å². The van der Waals surface area contributed by atoms with Gasteiger partial charge in [0.1, 0.15) is 18.0 Å². The number of hydrogen-bond acceptors (Lipinski definition) is 3. The van der Waals surface area contributed by atoms with Crippen LogP contribution in [0.15, 0.2) is 73.1 Å². The van der Waals surface area contributed by atoms with E-state index in [4.69, 9.17) is 0 Å². The SMILES string of the molecule is Fc1cc(-c2cccc(-c3nc[nH]n3)c2)cc(F)c1CNCCCc1ccccc1. The average molecular weight is 404 g/mol. The van der Waals surface area contributed by atoms with Crippen LogP contribution in [0.1, 0.15) is 17.5 Å². The molecule has 1 aromatic heterocycles. The zero-order chi connectivity index (χ0) is 20.8. The van der Waals surface area contributed by atoms with Gasteiger partial charge in [0.05, 0.1) is 0 Å². The molecular formula is C24H22F2N4. The largest absolute Gasteiger partial charge is 0.312 e. The van der Waals surface area contributed by atoms with Crippen LogP contribution in [0.4, 0.5) is 8.78 Å². The van der Waals surface area contributed by atoms with E-state index in [2.05, 4.69) is 32.6 Å². The predicted octanol–water partition coefficient (Wildman–Crippen LogP) is 5.14. The van der Waals surface area contributed by atoms with Gasteiger partial charge in [-0.2, -0.15) is 5.10 Å². The number of hydrogen-bond donors (Lipinski definition) is 2. The van der Waals surface area contributed by atoms with Crippen molar-refractivity contribution < 1.29 is 8.78 Å². The molecule has 0 fully saturated rings. The van der Waals surface area contributed by atoms with Gasteiger partial charge in [-0.05, 0) is 54.3 Å². The summed E-state index contributed by atoms with van der Waals surface area (Å²) in [7, 11) is 0. The van der Waals surface area contributed by atoms with Gasteiger partial charge in [0.2, 0.25) is 0 Å². The van der Waals surface area contributed by atoms with Crippen LogP contribution in [0.5, 0.6) is 0 Å². The van der Waals surface area contributed by atoms with Crippen molar-refractivity contribution >= 4 is 0 Å². The standard InChI is InChI=1S/C24H22F2N4/c25-22-13-20(18-9-4-10-19(12-18)24-28-16-29-30-24)14-23(26)21(22)15-27-11-5-8-17-6-2-1-3-7-17/h1-4,6-7,9-10,12-14,16,27H,5,8,11,15H2,(H,28,29,30). The molecule has 6 heteroatoms. The third-order valence-corrected chi connectivity index (χ3v) is 4.97. The smallest absolute Gasteiger partial charge is 0.180 e. The Labute approximate surface area is 174 Å². The monoisotopic (exact) mass is 404 g/mol. The third-order valence-electron chi connectivity index (χ3n) is 4.97. The summed E-state index contributed by atoms with van der Waals surface area (Å²) in [5, 5.41) is 9.85. The number of aromatic nitrogens is 3. The molecule has 0 radical (unpaired) electrons. The molecule has 30 heavy (non-hydrogen) atoms. The lowest BCUT2D eigenvalue weighted by molar-refractivity contribution is 0.533. The van der Waals surface area contributed by atoms with E-state index in [0.717, 1.165) is 18.4 Å². The first-order valence-corrected chi connectivity index (χ1v) is 9.90. The summed E-state index contributed by atoms with van der Waals surface area (Å²) < 4.78 is 29.3. The predicted molar refractivity (Wildman–Crippen MR) is 114 cm³/mol. The molecule has 3 aromatic carbocycles. The summed E-state index contributed by atoms with van der Waals surface area (Å²) in [6.07, 6.45) is 3.32. The van der Waals surface area contributed by atoms with Gasteiger partial charge in [-0.25, -0.2) is 13.8 Å². The maximum absolute atomic E-state index is 14.6. The van der Waals surface area contributed by atoms with Crippen molar-refractivity contribution in [2.24, 2.45) is 0 Å². The molecule has 0 bridgehead atoms. The Bertz CT molecular complexity index is 1070. The number of H-pyrrole nitrogens is 1. The van der Waals surface area contributed by atoms with E-state index in [0.29, 0.717) is 23.5 Å². The van der Waals surface area contributed by atoms with Gasteiger partial charge in [0.15, 0.2) is 5.82 Å². The zero-order valence-corrected chi connectivity index (χ0v) is 16.4. The van der Waals surface area contributed by atoms with Gasteiger partial charge in [-0.15, -0.1) is 0 Å². The number of benzene rings is 3. The van der Waals surface area contributed by atoms with Crippen LogP contribution >= 0.6 is 0 Å². The molecule has 4 nitrogen and oxygen atoms in total. The molecule has 4 rings (SSSR count). The summed E-state index contributed by atoms with van der Waals surface area (Å²) in [6.45, 7) is 0.845. The summed E-state index contributed by atoms with van der Waals surface area (Å²) in [5.41, 5.74) is 3.28. The summed E-state index contributed by atoms with van der Waals surface area (Å²) >= 11 is 0. The quantitative estimate of drug-likeness (QED) is 0.400. The summed E-state index contributed by atoms with van der Waals surface area (Å²) in [4.78, 5) is 4.12. The zero-order valence-electron chi connectivity index (χ0n) is 16.4. The number of aromatic amines is 1. The lowest BCUT2D eigenvalue weighted by Gasteiger charge is -2.10. The average Bonchev–Trinajstić information content (AvgIpc) is 3.31. The highest BCUT2D eigenvalue weighted by Crippen LogP contribution is 2.27. The Hall–Kier alpha value is -3.38. The summed E-state index contributed by atoms with van der Waals surface area (Å²) in [5.74, 6) is -0.568. The highest BCUT2D eigenvalue weighted by molar-refractivity contribution is 5.70. The van der Waals surface area contributed by atoms with Gasteiger partial charge in [0, 0.05) is 17.7 Å². The van der Waals surface area contributed by atoms with E-state index >= 15 is 0 Å². The molecule has 0 aliphatic heterocycles. The van der Waals surface area contributed by atoms with Crippen LogP contribution in [0, 0.1) is 11.6 Å². The number of rotatable bonds is 8. The van der Waals surface area contributed by atoms with E-state index in [-0.39, 0.29) is 12.1 Å². The van der Waals surface area contributed by atoms with Crippen molar-refractivity contribution in [2.75, 3.05) is 6.54 Å². The lowest BCUT2D eigenvalue weighted by Crippen LogP contribution is -2.17. The Morgan fingerprint density at radius 2 is 1.60 bits per heavy atom. The molecule has 4 aromatic rings. The van der Waals surface area contributed by atoms with E-state index in [1.54, 1.807) is 0 Å². The van der Waals surface area contributed by atoms with Crippen LogP contribution in [-0.2, 0) is 13.0 Å². The van der Waals surface area contributed by atoms with Crippen LogP contribution in [0.3, 0.4) is 0 Å². The molecule has 1 heterocycles. The summed E-state index contributed by atoms with van der Waals surface area (Å²) in [6, 6.07) is 20.2. The van der Waals surface area contributed by atoms with E-state index in [9.17, 15) is 8.78 Å². The Kier molecular flexibility index (Phi) is 6.25. The van der Waals surface area contributed by atoms with Crippen LogP contribution in [0.25, 0.3) is 22.5 Å². The van der Waals surface area contributed by atoms with E-state index in [1.165, 1.54) is 24.0 Å². The minimum Gasteiger partial charge on any atom is -0.312 e. The highest BCUT2D eigenvalue weighted by Gasteiger charge is 2.13. The fourth-order valence-corrected chi connectivity index (χ4v) is 3.40. The number of halogens is 2. The van der Waals surface area contributed by atoms with Crippen molar-refractivity contribution in [3.8, 4) is 22.5 Å². The van der Waals surface area contributed by atoms with Crippen LogP contribution in [-0.4, -0.2) is 21.7 Å².